The number of nitrogens with one attached hydrogen (secondary N) is 1. The van der Waals surface area contributed by atoms with Gasteiger partial charge in [0.15, 0.2) is 5.75 Å². The molecule has 22 heavy (non-hydrogen) atoms. The Kier molecular flexibility index (Phi) is 5.88. The average molecular weight is 301 g/mol. The van der Waals surface area contributed by atoms with Gasteiger partial charge in [-0.3, -0.25) is 9.78 Å². The lowest BCUT2D eigenvalue weighted by Crippen LogP contribution is -2.28. The van der Waals surface area contributed by atoms with Crippen LogP contribution < -0.4 is 15.8 Å². The van der Waals surface area contributed by atoms with Gasteiger partial charge < -0.3 is 20.5 Å². The third-order valence-electron chi connectivity index (χ3n) is 3.04. The van der Waals surface area contributed by atoms with E-state index >= 15 is 0 Å². The van der Waals surface area contributed by atoms with Crippen molar-refractivity contribution < 1.29 is 14.3 Å². The third-order valence-corrected chi connectivity index (χ3v) is 3.04. The Bertz CT molecular complexity index is 601. The lowest BCUT2D eigenvalue weighted by atomic mass is 10.2. The van der Waals surface area contributed by atoms with Gasteiger partial charge in [-0.25, -0.2) is 0 Å². The van der Waals surface area contributed by atoms with Crippen LogP contribution in [0.15, 0.2) is 48.8 Å². The molecule has 1 amide bonds. The van der Waals surface area contributed by atoms with Crippen LogP contribution in [0.5, 0.6) is 11.5 Å². The van der Waals surface area contributed by atoms with Crippen LogP contribution >= 0.6 is 0 Å². The Morgan fingerprint density at radius 1 is 1.32 bits per heavy atom. The molecule has 3 N–H and O–H groups in total. The number of rotatable bonds is 7. The van der Waals surface area contributed by atoms with E-state index in [9.17, 15) is 4.79 Å². The lowest BCUT2D eigenvalue weighted by molar-refractivity contribution is -0.118. The van der Waals surface area contributed by atoms with Crippen LogP contribution in [0.4, 0.5) is 5.69 Å². The number of hydrogen-bond acceptors (Lipinski definition) is 5. The van der Waals surface area contributed by atoms with Gasteiger partial charge in [-0.15, -0.1) is 0 Å². The molecule has 0 aliphatic heterocycles. The molecular weight excluding hydrogens is 282 g/mol. The Hall–Kier alpha value is -2.44. The summed E-state index contributed by atoms with van der Waals surface area (Å²) in [5.74, 6) is 1.00. The summed E-state index contributed by atoms with van der Waals surface area (Å²) in [5.41, 5.74) is 6.02. The van der Waals surface area contributed by atoms with E-state index in [1.807, 2.05) is 30.3 Å². The highest BCUT2D eigenvalue weighted by atomic mass is 16.5. The summed E-state index contributed by atoms with van der Waals surface area (Å²) in [6.45, 7) is 0.282. The molecule has 0 fully saturated rings. The van der Waals surface area contributed by atoms with Crippen LogP contribution in [0.1, 0.15) is 6.42 Å². The number of nitrogens with two attached hydrogens (primary N) is 1. The van der Waals surface area contributed by atoms with Crippen LogP contribution in [-0.4, -0.2) is 30.6 Å². The minimum Gasteiger partial charge on any atom is -0.455 e. The van der Waals surface area contributed by atoms with Gasteiger partial charge >= 0.3 is 0 Å². The van der Waals surface area contributed by atoms with Gasteiger partial charge in [0.1, 0.15) is 11.4 Å². The monoisotopic (exact) mass is 301 g/mol. The van der Waals surface area contributed by atoms with Crippen LogP contribution in [0.25, 0.3) is 0 Å². The van der Waals surface area contributed by atoms with E-state index in [1.165, 1.54) is 7.11 Å². The zero-order chi connectivity index (χ0) is 15.8. The first-order chi connectivity index (χ1) is 10.7. The lowest BCUT2D eigenvalue weighted by Gasteiger charge is -2.14. The number of para-hydroxylation sites is 1. The Morgan fingerprint density at radius 3 is 2.77 bits per heavy atom. The molecule has 6 heteroatoms. The van der Waals surface area contributed by atoms with Crippen LogP contribution in [-0.2, 0) is 9.53 Å². The number of carbonyl (C=O) groups is 1. The molecule has 1 aromatic heterocycles. The molecule has 0 spiro atoms. The first-order valence-electron chi connectivity index (χ1n) is 6.92. The molecule has 0 saturated carbocycles. The summed E-state index contributed by atoms with van der Waals surface area (Å²) >= 11 is 0. The maximum absolute atomic E-state index is 12.0. The van der Waals surface area contributed by atoms with Gasteiger partial charge in [0, 0.05) is 25.9 Å². The molecule has 2 aromatic rings. The smallest absolute Gasteiger partial charge is 0.227 e. The molecule has 0 bridgehead atoms. The van der Waals surface area contributed by atoms with Crippen molar-refractivity contribution in [2.45, 2.75) is 12.5 Å². The first kappa shape index (κ1) is 15.9. The molecule has 0 aliphatic carbocycles. The minimum atomic E-state index is -0.310. The summed E-state index contributed by atoms with van der Waals surface area (Å²) in [6, 6.07) is 11.0. The van der Waals surface area contributed by atoms with E-state index in [1.54, 1.807) is 18.5 Å². The van der Waals surface area contributed by atoms with Gasteiger partial charge in [-0.2, -0.15) is 0 Å². The van der Waals surface area contributed by atoms with Gasteiger partial charge in [0.25, 0.3) is 0 Å². The second kappa shape index (κ2) is 8.11. The van der Waals surface area contributed by atoms with E-state index in [0.29, 0.717) is 17.2 Å². The maximum atomic E-state index is 12.0. The predicted molar refractivity (Wildman–Crippen MR) is 83.9 cm³/mol. The number of hydrogen-bond donors (Lipinski definition) is 2. The largest absolute Gasteiger partial charge is 0.455 e. The van der Waals surface area contributed by atoms with E-state index in [-0.39, 0.29) is 25.0 Å². The normalized spacial score (nSPS) is 11.7. The molecule has 0 saturated heterocycles. The standard InChI is InChI=1S/C16H19N3O3/c1-21-13(10-17)9-16(20)19-14-11-18-8-7-15(14)22-12-5-3-2-4-6-12/h2-8,11,13H,9-10,17H2,1H3,(H,19,20). The highest BCUT2D eigenvalue weighted by Crippen LogP contribution is 2.28. The molecule has 1 atom stereocenters. The van der Waals surface area contributed by atoms with Crippen LogP contribution in [0, 0.1) is 0 Å². The van der Waals surface area contributed by atoms with Gasteiger partial charge in [0.2, 0.25) is 5.91 Å². The fraction of sp³-hybridized carbons (Fsp3) is 0.250. The number of benzene rings is 1. The molecule has 0 radical (unpaired) electrons. The predicted octanol–water partition coefficient (Wildman–Crippen LogP) is 2.18. The van der Waals surface area contributed by atoms with Gasteiger partial charge in [-0.05, 0) is 12.1 Å². The molecule has 2 rings (SSSR count). The molecule has 0 aliphatic rings. The summed E-state index contributed by atoms with van der Waals surface area (Å²) < 4.78 is 10.9. The Labute approximate surface area is 129 Å². The number of carbonyl (C=O) groups excluding carboxylic acids is 1. The Morgan fingerprint density at radius 2 is 2.09 bits per heavy atom. The van der Waals surface area contributed by atoms with Crippen molar-refractivity contribution in [1.29, 1.82) is 0 Å². The highest BCUT2D eigenvalue weighted by molar-refractivity contribution is 5.92. The quantitative estimate of drug-likeness (QED) is 0.818. The zero-order valence-electron chi connectivity index (χ0n) is 12.4. The van der Waals surface area contributed by atoms with Crippen molar-refractivity contribution in [3.8, 4) is 11.5 Å². The highest BCUT2D eigenvalue weighted by Gasteiger charge is 2.14. The molecule has 1 heterocycles. The van der Waals surface area contributed by atoms with Crippen LogP contribution in [0.3, 0.4) is 0 Å². The Balaban J connectivity index is 2.06. The van der Waals surface area contributed by atoms with Crippen molar-refractivity contribution in [3.05, 3.63) is 48.8 Å². The SMILES string of the molecule is COC(CN)CC(=O)Nc1cnccc1Oc1ccccc1. The summed E-state index contributed by atoms with van der Waals surface area (Å²) in [7, 11) is 1.53. The van der Waals surface area contributed by atoms with Gasteiger partial charge in [0.05, 0.1) is 18.7 Å². The fourth-order valence-electron chi connectivity index (χ4n) is 1.85. The van der Waals surface area contributed by atoms with E-state index in [4.69, 9.17) is 15.2 Å². The molecule has 1 unspecified atom stereocenters. The molecular formula is C16H19N3O3. The number of pyridine rings is 1. The average Bonchev–Trinajstić information content (AvgIpc) is 2.55. The van der Waals surface area contributed by atoms with Crippen molar-refractivity contribution in [2.24, 2.45) is 5.73 Å². The maximum Gasteiger partial charge on any atom is 0.227 e. The fourth-order valence-corrected chi connectivity index (χ4v) is 1.85. The number of ether oxygens (including phenoxy) is 2. The molecule has 6 nitrogen and oxygen atoms in total. The number of methoxy groups -OCH3 is 1. The third kappa shape index (κ3) is 4.54. The number of aromatic nitrogens is 1. The summed E-state index contributed by atoms with van der Waals surface area (Å²) in [5, 5.41) is 2.77. The number of amides is 1. The van der Waals surface area contributed by atoms with Crippen molar-refractivity contribution in [2.75, 3.05) is 19.0 Å². The molecule has 116 valence electrons. The summed E-state index contributed by atoms with van der Waals surface area (Å²) in [4.78, 5) is 16.0. The van der Waals surface area contributed by atoms with Gasteiger partial charge in [-0.1, -0.05) is 18.2 Å². The zero-order valence-corrected chi connectivity index (χ0v) is 12.4. The van der Waals surface area contributed by atoms with Crippen molar-refractivity contribution in [3.63, 3.8) is 0 Å². The summed E-state index contributed by atoms with van der Waals surface area (Å²) in [6.07, 6.45) is 3.01. The van der Waals surface area contributed by atoms with E-state index in [2.05, 4.69) is 10.3 Å². The number of nitrogens with zero attached hydrogens (tertiary/aromatic N) is 1. The second-order valence-electron chi connectivity index (χ2n) is 4.63. The minimum absolute atomic E-state index is 0.173. The first-order valence-corrected chi connectivity index (χ1v) is 6.92. The topological polar surface area (TPSA) is 86.5 Å². The van der Waals surface area contributed by atoms with Crippen LogP contribution in [0.2, 0.25) is 0 Å². The van der Waals surface area contributed by atoms with Crippen molar-refractivity contribution >= 4 is 11.6 Å². The second-order valence-corrected chi connectivity index (χ2v) is 4.63. The van der Waals surface area contributed by atoms with Crippen molar-refractivity contribution in [1.82, 2.24) is 4.98 Å². The van der Waals surface area contributed by atoms with E-state index in [0.717, 1.165) is 0 Å². The molecule has 1 aromatic carbocycles. The number of anilines is 1. The van der Waals surface area contributed by atoms with E-state index < -0.39 is 0 Å².